The molecule has 0 saturated heterocycles. The van der Waals surface area contributed by atoms with Crippen LogP contribution in [0.5, 0.6) is 0 Å². The van der Waals surface area contributed by atoms with Crippen molar-refractivity contribution >= 4 is 5.69 Å². The number of nitriles is 1. The standard InChI is InChI=1S/C14H14N4O2/c1-3-11-8-12(4-2)17(16-11)13-5-6-14(18(19)20)10(7-13)9-15/h5-8H,3-4H2,1-2H3. The second-order valence-electron chi connectivity index (χ2n) is 4.32. The Kier molecular flexibility index (Phi) is 3.80. The van der Waals surface area contributed by atoms with E-state index in [4.69, 9.17) is 5.26 Å². The number of nitro benzene ring substituents is 1. The topological polar surface area (TPSA) is 84.7 Å². The van der Waals surface area contributed by atoms with Crippen molar-refractivity contribution in [3.63, 3.8) is 0 Å². The van der Waals surface area contributed by atoms with Crippen LogP contribution in [-0.2, 0) is 12.8 Å². The van der Waals surface area contributed by atoms with Crippen LogP contribution in [0, 0.1) is 21.4 Å². The van der Waals surface area contributed by atoms with Gasteiger partial charge < -0.3 is 0 Å². The van der Waals surface area contributed by atoms with Crippen molar-refractivity contribution in [2.24, 2.45) is 0 Å². The fourth-order valence-electron chi connectivity index (χ4n) is 2.03. The van der Waals surface area contributed by atoms with Crippen LogP contribution in [0.3, 0.4) is 0 Å². The van der Waals surface area contributed by atoms with E-state index in [0.29, 0.717) is 5.69 Å². The number of benzene rings is 1. The second kappa shape index (κ2) is 5.53. The van der Waals surface area contributed by atoms with Crippen LogP contribution >= 0.6 is 0 Å². The van der Waals surface area contributed by atoms with Gasteiger partial charge >= 0.3 is 0 Å². The lowest BCUT2D eigenvalue weighted by Crippen LogP contribution is -2.03. The average molecular weight is 270 g/mol. The number of nitrogens with zero attached hydrogens (tertiary/aromatic N) is 4. The van der Waals surface area contributed by atoms with E-state index in [1.165, 1.54) is 12.1 Å². The Morgan fingerprint density at radius 1 is 1.35 bits per heavy atom. The van der Waals surface area contributed by atoms with E-state index in [0.717, 1.165) is 24.2 Å². The molecule has 1 aromatic carbocycles. The third-order valence-electron chi connectivity index (χ3n) is 3.10. The number of aryl methyl sites for hydroxylation is 2. The summed E-state index contributed by atoms with van der Waals surface area (Å²) in [6.07, 6.45) is 1.62. The van der Waals surface area contributed by atoms with Gasteiger partial charge in [-0.25, -0.2) is 4.68 Å². The molecule has 20 heavy (non-hydrogen) atoms. The molecule has 0 amide bonds. The third-order valence-corrected chi connectivity index (χ3v) is 3.10. The molecule has 0 fully saturated rings. The Labute approximate surface area is 116 Å². The molecule has 0 spiro atoms. The Morgan fingerprint density at radius 2 is 2.10 bits per heavy atom. The van der Waals surface area contributed by atoms with Crippen molar-refractivity contribution < 1.29 is 4.92 Å². The summed E-state index contributed by atoms with van der Waals surface area (Å²) in [4.78, 5) is 10.3. The monoisotopic (exact) mass is 270 g/mol. The Morgan fingerprint density at radius 3 is 2.65 bits per heavy atom. The van der Waals surface area contributed by atoms with Gasteiger partial charge in [0.15, 0.2) is 0 Å². The van der Waals surface area contributed by atoms with Crippen molar-refractivity contribution in [1.29, 1.82) is 5.26 Å². The van der Waals surface area contributed by atoms with Crippen LogP contribution < -0.4 is 0 Å². The highest BCUT2D eigenvalue weighted by molar-refractivity contribution is 5.54. The summed E-state index contributed by atoms with van der Waals surface area (Å²) >= 11 is 0. The lowest BCUT2D eigenvalue weighted by molar-refractivity contribution is -0.385. The van der Waals surface area contributed by atoms with Gasteiger partial charge in [0.2, 0.25) is 0 Å². The molecule has 0 radical (unpaired) electrons. The van der Waals surface area contributed by atoms with Crippen LogP contribution in [0.25, 0.3) is 5.69 Å². The summed E-state index contributed by atoms with van der Waals surface area (Å²) in [5.41, 5.74) is 2.50. The highest BCUT2D eigenvalue weighted by Crippen LogP contribution is 2.22. The van der Waals surface area contributed by atoms with Crippen LogP contribution in [0.1, 0.15) is 30.8 Å². The second-order valence-corrected chi connectivity index (χ2v) is 4.32. The van der Waals surface area contributed by atoms with Gasteiger partial charge in [0.1, 0.15) is 11.6 Å². The molecule has 0 aliphatic heterocycles. The van der Waals surface area contributed by atoms with Gasteiger partial charge in [-0.3, -0.25) is 10.1 Å². The first-order valence-electron chi connectivity index (χ1n) is 6.37. The molecule has 0 unspecified atom stereocenters. The number of aromatic nitrogens is 2. The van der Waals surface area contributed by atoms with Crippen molar-refractivity contribution in [3.8, 4) is 11.8 Å². The Balaban J connectivity index is 2.56. The average Bonchev–Trinajstić information content (AvgIpc) is 2.89. The van der Waals surface area contributed by atoms with Crippen LogP contribution in [0.4, 0.5) is 5.69 Å². The van der Waals surface area contributed by atoms with E-state index < -0.39 is 4.92 Å². The van der Waals surface area contributed by atoms with E-state index in [1.807, 2.05) is 26.0 Å². The summed E-state index contributed by atoms with van der Waals surface area (Å²) in [6.45, 7) is 4.03. The molecule has 6 nitrogen and oxygen atoms in total. The minimum Gasteiger partial charge on any atom is -0.258 e. The maximum Gasteiger partial charge on any atom is 0.287 e. The molecule has 6 heteroatoms. The summed E-state index contributed by atoms with van der Waals surface area (Å²) < 4.78 is 1.74. The molecule has 0 bridgehead atoms. The molecule has 0 aliphatic carbocycles. The fraction of sp³-hybridized carbons (Fsp3) is 0.286. The highest BCUT2D eigenvalue weighted by Gasteiger charge is 2.16. The van der Waals surface area contributed by atoms with Crippen molar-refractivity contribution in [3.05, 3.63) is 51.3 Å². The zero-order valence-corrected chi connectivity index (χ0v) is 11.3. The van der Waals surface area contributed by atoms with Crippen molar-refractivity contribution in [1.82, 2.24) is 9.78 Å². The fourth-order valence-corrected chi connectivity index (χ4v) is 2.03. The molecular weight excluding hydrogens is 256 g/mol. The van der Waals surface area contributed by atoms with Gasteiger partial charge in [0.05, 0.1) is 16.3 Å². The van der Waals surface area contributed by atoms with E-state index in [2.05, 4.69) is 5.10 Å². The van der Waals surface area contributed by atoms with Crippen LogP contribution in [0.2, 0.25) is 0 Å². The summed E-state index contributed by atoms with van der Waals surface area (Å²) in [7, 11) is 0. The molecular formula is C14H14N4O2. The van der Waals surface area contributed by atoms with Gasteiger partial charge in [-0.1, -0.05) is 13.8 Å². The molecule has 0 atom stereocenters. The predicted molar refractivity (Wildman–Crippen MR) is 73.7 cm³/mol. The first-order chi connectivity index (χ1) is 9.60. The van der Waals surface area contributed by atoms with Crippen LogP contribution in [0.15, 0.2) is 24.3 Å². The zero-order chi connectivity index (χ0) is 14.7. The Hall–Kier alpha value is -2.68. The SMILES string of the molecule is CCc1cc(CC)n(-c2ccc([N+](=O)[O-])c(C#N)c2)n1. The highest BCUT2D eigenvalue weighted by atomic mass is 16.6. The largest absolute Gasteiger partial charge is 0.287 e. The predicted octanol–water partition coefficient (Wildman–Crippen LogP) is 2.78. The van der Waals surface area contributed by atoms with E-state index >= 15 is 0 Å². The molecule has 0 aliphatic rings. The van der Waals surface area contributed by atoms with Gasteiger partial charge in [-0.15, -0.1) is 0 Å². The summed E-state index contributed by atoms with van der Waals surface area (Å²) in [5.74, 6) is 0. The minimum absolute atomic E-state index is 0.0445. The summed E-state index contributed by atoms with van der Waals surface area (Å²) in [6, 6.07) is 8.34. The summed E-state index contributed by atoms with van der Waals surface area (Å²) in [5, 5.41) is 24.3. The number of hydrogen-bond acceptors (Lipinski definition) is 4. The zero-order valence-electron chi connectivity index (χ0n) is 11.3. The molecule has 1 aromatic heterocycles. The third kappa shape index (κ3) is 2.38. The normalized spacial score (nSPS) is 10.2. The van der Waals surface area contributed by atoms with E-state index in [1.54, 1.807) is 10.7 Å². The molecule has 0 N–H and O–H groups in total. The maximum atomic E-state index is 10.8. The van der Waals surface area contributed by atoms with Crippen molar-refractivity contribution in [2.45, 2.75) is 26.7 Å². The van der Waals surface area contributed by atoms with Crippen molar-refractivity contribution in [2.75, 3.05) is 0 Å². The number of nitro groups is 1. The lowest BCUT2D eigenvalue weighted by atomic mass is 10.1. The molecule has 0 saturated carbocycles. The first-order valence-corrected chi connectivity index (χ1v) is 6.37. The number of rotatable bonds is 4. The minimum atomic E-state index is -0.552. The lowest BCUT2D eigenvalue weighted by Gasteiger charge is -2.06. The quantitative estimate of drug-likeness (QED) is 0.631. The maximum absolute atomic E-state index is 10.8. The van der Waals surface area contributed by atoms with Crippen LogP contribution in [-0.4, -0.2) is 14.7 Å². The van der Waals surface area contributed by atoms with Gasteiger partial charge in [-0.2, -0.15) is 10.4 Å². The molecule has 2 rings (SSSR count). The van der Waals surface area contributed by atoms with E-state index in [9.17, 15) is 10.1 Å². The smallest absolute Gasteiger partial charge is 0.258 e. The molecule has 1 heterocycles. The molecule has 102 valence electrons. The van der Waals surface area contributed by atoms with Gasteiger partial charge in [-0.05, 0) is 31.0 Å². The number of hydrogen-bond donors (Lipinski definition) is 0. The van der Waals surface area contributed by atoms with E-state index in [-0.39, 0.29) is 11.3 Å². The van der Waals surface area contributed by atoms with Gasteiger partial charge in [0.25, 0.3) is 5.69 Å². The first kappa shape index (κ1) is 13.7. The molecule has 2 aromatic rings. The van der Waals surface area contributed by atoms with Gasteiger partial charge in [0, 0.05) is 11.8 Å². The Bertz CT molecular complexity index is 698.